The van der Waals surface area contributed by atoms with Crippen molar-refractivity contribution in [3.8, 4) is 5.75 Å². The van der Waals surface area contributed by atoms with Crippen molar-refractivity contribution in [3.63, 3.8) is 0 Å². The molecule has 1 atom stereocenters. The summed E-state index contributed by atoms with van der Waals surface area (Å²) in [7, 11) is 1.63. The van der Waals surface area contributed by atoms with Gasteiger partial charge in [0, 0.05) is 18.9 Å². The molecule has 0 aromatic heterocycles. The molecular formula is C22H26N2O4S. The molecule has 1 heterocycles. The van der Waals surface area contributed by atoms with Crippen LogP contribution in [0.25, 0.3) is 0 Å². The van der Waals surface area contributed by atoms with Gasteiger partial charge in [0.05, 0.1) is 30.2 Å². The monoisotopic (exact) mass is 414 g/mol. The first-order chi connectivity index (χ1) is 14.2. The molecule has 0 spiro atoms. The maximum Gasteiger partial charge on any atom is 0.253 e. The summed E-state index contributed by atoms with van der Waals surface area (Å²) >= 11 is 1.52. The average molecular weight is 415 g/mol. The number of rotatable bonds is 9. The van der Waals surface area contributed by atoms with Crippen LogP contribution in [0, 0.1) is 0 Å². The number of anilines is 1. The summed E-state index contributed by atoms with van der Waals surface area (Å²) in [5.74, 6) is 1.50. The summed E-state index contributed by atoms with van der Waals surface area (Å²) in [6.07, 6.45) is 2.07. The molecule has 3 rings (SSSR count). The number of methoxy groups -OCH3 is 1. The quantitative estimate of drug-likeness (QED) is 0.657. The highest BCUT2D eigenvalue weighted by Crippen LogP contribution is 2.19. The third-order valence-corrected chi connectivity index (χ3v) is 5.62. The van der Waals surface area contributed by atoms with Crippen LogP contribution in [-0.4, -0.2) is 43.9 Å². The largest absolute Gasteiger partial charge is 0.497 e. The van der Waals surface area contributed by atoms with Crippen molar-refractivity contribution in [1.82, 2.24) is 5.32 Å². The predicted molar refractivity (Wildman–Crippen MR) is 116 cm³/mol. The van der Waals surface area contributed by atoms with Crippen LogP contribution in [0.4, 0.5) is 5.69 Å². The van der Waals surface area contributed by atoms with E-state index in [0.717, 1.165) is 36.5 Å². The molecule has 2 amide bonds. The minimum Gasteiger partial charge on any atom is -0.497 e. The number of nitrogens with one attached hydrogen (secondary N) is 2. The molecule has 0 aliphatic carbocycles. The zero-order valence-electron chi connectivity index (χ0n) is 16.5. The van der Waals surface area contributed by atoms with Gasteiger partial charge in [-0.05, 0) is 42.7 Å². The second-order valence-electron chi connectivity index (χ2n) is 6.78. The Hall–Kier alpha value is -2.51. The number of thioether (sulfide) groups is 1. The molecule has 1 saturated heterocycles. The fourth-order valence-corrected chi connectivity index (χ4v) is 3.85. The number of ether oxygens (including phenoxy) is 2. The summed E-state index contributed by atoms with van der Waals surface area (Å²) in [6, 6.07) is 14.8. The number of para-hydroxylation sites is 1. The SMILES string of the molecule is COc1ccc(CSCC(=O)Nc2ccccc2C(=O)NC[C@H]2CCCO2)cc1. The van der Waals surface area contributed by atoms with Gasteiger partial charge in [-0.1, -0.05) is 24.3 Å². The average Bonchev–Trinajstić information content (AvgIpc) is 3.26. The first-order valence-corrected chi connectivity index (χ1v) is 10.8. The smallest absolute Gasteiger partial charge is 0.253 e. The third kappa shape index (κ3) is 6.51. The normalized spacial score (nSPS) is 15.7. The molecule has 1 fully saturated rings. The van der Waals surface area contributed by atoms with Gasteiger partial charge in [0.15, 0.2) is 0 Å². The van der Waals surface area contributed by atoms with E-state index in [0.29, 0.717) is 23.5 Å². The Morgan fingerprint density at radius 1 is 1.17 bits per heavy atom. The number of benzene rings is 2. The zero-order valence-corrected chi connectivity index (χ0v) is 17.3. The molecule has 154 valence electrons. The van der Waals surface area contributed by atoms with E-state index in [9.17, 15) is 9.59 Å². The van der Waals surface area contributed by atoms with E-state index in [1.54, 1.807) is 31.4 Å². The minimum atomic E-state index is -0.206. The number of carbonyl (C=O) groups excluding carboxylic acids is 2. The van der Waals surface area contributed by atoms with Crippen molar-refractivity contribution < 1.29 is 19.1 Å². The molecule has 2 N–H and O–H groups in total. The number of amides is 2. The molecule has 2 aromatic carbocycles. The lowest BCUT2D eigenvalue weighted by Crippen LogP contribution is -2.32. The van der Waals surface area contributed by atoms with Gasteiger partial charge in [0.2, 0.25) is 5.91 Å². The molecule has 29 heavy (non-hydrogen) atoms. The van der Waals surface area contributed by atoms with Crippen LogP contribution in [0.15, 0.2) is 48.5 Å². The standard InChI is InChI=1S/C22H26N2O4S/c1-27-17-10-8-16(9-11-17)14-29-15-21(25)24-20-7-3-2-6-19(20)22(26)23-13-18-5-4-12-28-18/h2-3,6-11,18H,4-5,12-15H2,1H3,(H,23,26)(H,24,25)/t18-/m1/s1. The van der Waals surface area contributed by atoms with Gasteiger partial charge >= 0.3 is 0 Å². The van der Waals surface area contributed by atoms with Crippen LogP contribution in [-0.2, 0) is 15.3 Å². The van der Waals surface area contributed by atoms with Gasteiger partial charge in [0.25, 0.3) is 5.91 Å². The highest BCUT2D eigenvalue weighted by Gasteiger charge is 2.18. The third-order valence-electron chi connectivity index (χ3n) is 4.62. The lowest BCUT2D eigenvalue weighted by molar-refractivity contribution is -0.113. The lowest BCUT2D eigenvalue weighted by Gasteiger charge is -2.13. The molecular weight excluding hydrogens is 388 g/mol. The summed E-state index contributed by atoms with van der Waals surface area (Å²) in [4.78, 5) is 24.9. The maximum absolute atomic E-state index is 12.5. The van der Waals surface area contributed by atoms with Gasteiger partial charge in [-0.25, -0.2) is 0 Å². The van der Waals surface area contributed by atoms with E-state index >= 15 is 0 Å². The topological polar surface area (TPSA) is 76.7 Å². The summed E-state index contributed by atoms with van der Waals surface area (Å²) < 4.78 is 10.7. The molecule has 1 aliphatic rings. The Labute approximate surface area is 175 Å². The second-order valence-corrected chi connectivity index (χ2v) is 7.77. The van der Waals surface area contributed by atoms with E-state index < -0.39 is 0 Å². The van der Waals surface area contributed by atoms with Crippen molar-refractivity contribution in [2.24, 2.45) is 0 Å². The molecule has 0 radical (unpaired) electrons. The summed E-state index contributed by atoms with van der Waals surface area (Å²) in [5, 5.41) is 5.75. The molecule has 0 unspecified atom stereocenters. The van der Waals surface area contributed by atoms with Crippen molar-refractivity contribution in [2.75, 3.05) is 31.3 Å². The van der Waals surface area contributed by atoms with Crippen LogP contribution < -0.4 is 15.4 Å². The summed E-state index contributed by atoms with van der Waals surface area (Å²) in [6.45, 7) is 1.24. The van der Waals surface area contributed by atoms with E-state index in [1.807, 2.05) is 24.3 Å². The Balaban J connectivity index is 1.48. The molecule has 1 aliphatic heterocycles. The van der Waals surface area contributed by atoms with E-state index in [2.05, 4.69) is 10.6 Å². The Morgan fingerprint density at radius 3 is 2.69 bits per heavy atom. The van der Waals surface area contributed by atoms with Gasteiger partial charge in [0.1, 0.15) is 5.75 Å². The fourth-order valence-electron chi connectivity index (χ4n) is 3.07. The van der Waals surface area contributed by atoms with Gasteiger partial charge in [-0.3, -0.25) is 9.59 Å². The van der Waals surface area contributed by atoms with Crippen LogP contribution in [0.3, 0.4) is 0 Å². The van der Waals surface area contributed by atoms with Gasteiger partial charge in [-0.2, -0.15) is 0 Å². The molecule has 0 saturated carbocycles. The van der Waals surface area contributed by atoms with Crippen LogP contribution in [0.2, 0.25) is 0 Å². The second kappa shape index (κ2) is 10.9. The highest BCUT2D eigenvalue weighted by atomic mass is 32.2. The van der Waals surface area contributed by atoms with Crippen molar-refractivity contribution in [2.45, 2.75) is 24.7 Å². The first kappa shape index (κ1) is 21.2. The van der Waals surface area contributed by atoms with E-state index in [-0.39, 0.29) is 17.9 Å². The highest BCUT2D eigenvalue weighted by molar-refractivity contribution is 7.99. The summed E-state index contributed by atoms with van der Waals surface area (Å²) in [5.41, 5.74) is 2.10. The molecule has 7 heteroatoms. The van der Waals surface area contributed by atoms with Gasteiger partial charge < -0.3 is 20.1 Å². The minimum absolute atomic E-state index is 0.0788. The zero-order chi connectivity index (χ0) is 20.5. The predicted octanol–water partition coefficient (Wildman–Crippen LogP) is 3.48. The molecule has 6 nitrogen and oxygen atoms in total. The molecule has 0 bridgehead atoms. The van der Waals surface area contributed by atoms with E-state index in [4.69, 9.17) is 9.47 Å². The van der Waals surface area contributed by atoms with E-state index in [1.165, 1.54) is 11.8 Å². The first-order valence-electron chi connectivity index (χ1n) is 9.65. The van der Waals surface area contributed by atoms with Crippen molar-refractivity contribution >= 4 is 29.3 Å². The number of hydrogen-bond acceptors (Lipinski definition) is 5. The Morgan fingerprint density at radius 2 is 1.97 bits per heavy atom. The maximum atomic E-state index is 12.5. The fraction of sp³-hybridized carbons (Fsp3) is 0.364. The molecule has 2 aromatic rings. The number of carbonyl (C=O) groups is 2. The van der Waals surface area contributed by atoms with Crippen molar-refractivity contribution in [1.29, 1.82) is 0 Å². The Kier molecular flexibility index (Phi) is 7.95. The lowest BCUT2D eigenvalue weighted by atomic mass is 10.1. The number of hydrogen-bond donors (Lipinski definition) is 2. The van der Waals surface area contributed by atoms with Crippen molar-refractivity contribution in [3.05, 3.63) is 59.7 Å². The van der Waals surface area contributed by atoms with Crippen LogP contribution in [0.5, 0.6) is 5.75 Å². The van der Waals surface area contributed by atoms with Gasteiger partial charge in [-0.15, -0.1) is 11.8 Å². The Bertz CT molecular complexity index is 820. The van der Waals surface area contributed by atoms with Crippen LogP contribution >= 0.6 is 11.8 Å². The van der Waals surface area contributed by atoms with Crippen LogP contribution in [0.1, 0.15) is 28.8 Å².